The van der Waals surface area contributed by atoms with Crippen LogP contribution in [0.2, 0.25) is 5.02 Å². The fourth-order valence-electron chi connectivity index (χ4n) is 5.10. The van der Waals surface area contributed by atoms with Crippen LogP contribution in [0, 0.1) is 5.41 Å². The molecule has 0 fully saturated rings. The van der Waals surface area contributed by atoms with Gasteiger partial charge in [-0.25, -0.2) is 4.98 Å². The first-order chi connectivity index (χ1) is 21.7. The van der Waals surface area contributed by atoms with Crippen molar-refractivity contribution in [3.63, 3.8) is 0 Å². The summed E-state index contributed by atoms with van der Waals surface area (Å²) in [6, 6.07) is 20.3. The summed E-state index contributed by atoms with van der Waals surface area (Å²) in [6.45, 7) is 18.9. The molecule has 0 radical (unpaired) electrons. The van der Waals surface area contributed by atoms with Gasteiger partial charge in [0.1, 0.15) is 23.0 Å². The van der Waals surface area contributed by atoms with Gasteiger partial charge in [-0.3, -0.25) is 10.3 Å². The Labute approximate surface area is 274 Å². The Morgan fingerprint density at radius 2 is 1.67 bits per heavy atom. The molecule has 244 valence electrons. The van der Waals surface area contributed by atoms with Gasteiger partial charge in [-0.2, -0.15) is 0 Å². The summed E-state index contributed by atoms with van der Waals surface area (Å²) in [6.07, 6.45) is 3.91. The molecular formula is C37H51ClN4O3. The Kier molecular flexibility index (Phi) is 13.0. The van der Waals surface area contributed by atoms with Gasteiger partial charge in [-0.05, 0) is 79.4 Å². The quantitative estimate of drug-likeness (QED) is 0.0869. The van der Waals surface area contributed by atoms with Crippen LogP contribution in [-0.2, 0) is 17.8 Å². The predicted molar refractivity (Wildman–Crippen MR) is 188 cm³/mol. The van der Waals surface area contributed by atoms with Gasteiger partial charge in [-0.15, -0.1) is 0 Å². The molecule has 7 nitrogen and oxygen atoms in total. The molecule has 1 heterocycles. The van der Waals surface area contributed by atoms with Crippen LogP contribution in [0.3, 0.4) is 0 Å². The maximum absolute atomic E-state index is 6.38. The van der Waals surface area contributed by atoms with Crippen molar-refractivity contribution < 1.29 is 14.3 Å². The van der Waals surface area contributed by atoms with Gasteiger partial charge < -0.3 is 18.9 Å². The van der Waals surface area contributed by atoms with E-state index in [1.54, 1.807) is 0 Å². The Bertz CT molecular complexity index is 1480. The number of imidazole rings is 1. The molecule has 0 aliphatic carbocycles. The number of aryl methyl sites for hydroxylation is 1. The minimum atomic E-state index is 0.0284. The van der Waals surface area contributed by atoms with Crippen LogP contribution in [0.25, 0.3) is 22.4 Å². The average Bonchev–Trinajstić information content (AvgIpc) is 3.38. The van der Waals surface area contributed by atoms with Crippen molar-refractivity contribution in [3.05, 3.63) is 71.2 Å². The third kappa shape index (κ3) is 10.4. The van der Waals surface area contributed by atoms with Crippen molar-refractivity contribution in [1.29, 1.82) is 0 Å². The van der Waals surface area contributed by atoms with Crippen LogP contribution in [0.1, 0.15) is 66.4 Å². The van der Waals surface area contributed by atoms with Crippen LogP contribution < -0.4 is 15.0 Å². The van der Waals surface area contributed by atoms with E-state index in [2.05, 4.69) is 80.8 Å². The van der Waals surface area contributed by atoms with Gasteiger partial charge in [0.15, 0.2) is 0 Å². The average molecular weight is 635 g/mol. The number of hydrogen-bond donors (Lipinski definition) is 1. The minimum Gasteiger partial charge on any atom is -0.493 e. The van der Waals surface area contributed by atoms with E-state index in [0.717, 1.165) is 96.5 Å². The Balaban J connectivity index is 1.59. The van der Waals surface area contributed by atoms with Gasteiger partial charge in [0, 0.05) is 36.2 Å². The monoisotopic (exact) mass is 634 g/mol. The fourth-order valence-corrected chi connectivity index (χ4v) is 5.22. The highest BCUT2D eigenvalue weighted by molar-refractivity contribution is 6.30. The van der Waals surface area contributed by atoms with E-state index in [9.17, 15) is 0 Å². The van der Waals surface area contributed by atoms with Gasteiger partial charge in [-0.1, -0.05) is 71.7 Å². The molecule has 0 atom stereocenters. The zero-order valence-corrected chi connectivity index (χ0v) is 28.8. The third-order valence-electron chi connectivity index (χ3n) is 7.73. The van der Waals surface area contributed by atoms with Gasteiger partial charge in [0.2, 0.25) is 0 Å². The number of fused-ring (bicyclic) bond motifs is 1. The first-order valence-corrected chi connectivity index (χ1v) is 16.8. The second-order valence-corrected chi connectivity index (χ2v) is 13.1. The van der Waals surface area contributed by atoms with Crippen molar-refractivity contribution >= 4 is 28.3 Å². The number of halogens is 1. The lowest BCUT2D eigenvalue weighted by Gasteiger charge is -2.20. The fraction of sp³-hybridized carbons (Fsp3) is 0.486. The minimum absolute atomic E-state index is 0.0284. The molecule has 4 aromatic rings. The molecule has 8 heteroatoms. The Morgan fingerprint density at radius 3 is 2.38 bits per heavy atom. The highest BCUT2D eigenvalue weighted by Crippen LogP contribution is 2.34. The Morgan fingerprint density at radius 1 is 0.889 bits per heavy atom. The van der Waals surface area contributed by atoms with E-state index in [0.29, 0.717) is 19.8 Å². The lowest BCUT2D eigenvalue weighted by molar-refractivity contribution is 0.113. The zero-order chi connectivity index (χ0) is 32.2. The summed E-state index contributed by atoms with van der Waals surface area (Å²) in [5, 5.41) is 0.731. The SMILES string of the molecule is CCCCn1c(-c2ccc(NOCC(C)(C)C)c(OCCc3ccc(Cl)cc3)c2)nc2ccc(OCCCN(CC)CC)cc21. The largest absolute Gasteiger partial charge is 0.493 e. The summed E-state index contributed by atoms with van der Waals surface area (Å²) in [5.41, 5.74) is 8.15. The van der Waals surface area contributed by atoms with Gasteiger partial charge in [0.05, 0.1) is 30.9 Å². The summed E-state index contributed by atoms with van der Waals surface area (Å²) in [4.78, 5) is 13.4. The second-order valence-electron chi connectivity index (χ2n) is 12.7. The van der Waals surface area contributed by atoms with Crippen molar-refractivity contribution in [2.24, 2.45) is 5.41 Å². The molecule has 0 spiro atoms. The van der Waals surface area contributed by atoms with E-state index in [1.807, 2.05) is 36.4 Å². The number of benzene rings is 3. The van der Waals surface area contributed by atoms with Crippen LogP contribution >= 0.6 is 11.6 Å². The summed E-state index contributed by atoms with van der Waals surface area (Å²) >= 11 is 6.08. The first-order valence-electron chi connectivity index (χ1n) is 16.5. The predicted octanol–water partition coefficient (Wildman–Crippen LogP) is 9.28. The molecule has 0 saturated heterocycles. The standard InChI is InChI=1S/C37H51ClN4O3/c1-7-10-22-42-34-26-31(43-23-11-21-41(8-2)9-3)17-19-32(34)39-36(42)29-14-18-33(40-45-27-37(4,5)6)35(25-29)44-24-20-28-12-15-30(38)16-13-28/h12-19,25-26,40H,7-11,20-24,27H2,1-6H3. The normalized spacial score (nSPS) is 11.8. The number of aromatic nitrogens is 2. The van der Waals surface area contributed by atoms with E-state index >= 15 is 0 Å². The molecule has 0 amide bonds. The molecule has 0 aliphatic heterocycles. The van der Waals surface area contributed by atoms with Gasteiger partial charge in [0.25, 0.3) is 0 Å². The number of rotatable bonds is 18. The maximum atomic E-state index is 6.38. The molecule has 1 aromatic heterocycles. The highest BCUT2D eigenvalue weighted by Gasteiger charge is 2.17. The van der Waals surface area contributed by atoms with Crippen LogP contribution in [0.4, 0.5) is 5.69 Å². The molecule has 0 unspecified atom stereocenters. The van der Waals surface area contributed by atoms with Crippen molar-refractivity contribution in [2.45, 2.75) is 73.8 Å². The van der Waals surface area contributed by atoms with Crippen LogP contribution in [0.5, 0.6) is 11.5 Å². The number of hydrogen-bond acceptors (Lipinski definition) is 6. The Hall–Kier alpha value is -3.26. The van der Waals surface area contributed by atoms with Crippen molar-refractivity contribution in [1.82, 2.24) is 14.5 Å². The lowest BCUT2D eigenvalue weighted by Crippen LogP contribution is -2.25. The highest BCUT2D eigenvalue weighted by atomic mass is 35.5. The molecule has 0 aliphatic rings. The van der Waals surface area contributed by atoms with E-state index in [-0.39, 0.29) is 5.41 Å². The molecule has 3 aromatic carbocycles. The third-order valence-corrected chi connectivity index (χ3v) is 7.98. The van der Waals surface area contributed by atoms with Crippen molar-refractivity contribution in [2.75, 3.05) is 44.9 Å². The molecule has 45 heavy (non-hydrogen) atoms. The number of anilines is 1. The molecule has 0 bridgehead atoms. The number of nitrogens with zero attached hydrogens (tertiary/aromatic N) is 3. The molecule has 0 saturated carbocycles. The van der Waals surface area contributed by atoms with E-state index in [1.165, 1.54) is 5.56 Å². The van der Waals surface area contributed by atoms with Crippen molar-refractivity contribution in [3.8, 4) is 22.9 Å². The zero-order valence-electron chi connectivity index (χ0n) is 28.0. The number of nitrogens with one attached hydrogen (secondary N) is 1. The smallest absolute Gasteiger partial charge is 0.145 e. The topological polar surface area (TPSA) is 60.8 Å². The summed E-state index contributed by atoms with van der Waals surface area (Å²) in [5.74, 6) is 2.52. The maximum Gasteiger partial charge on any atom is 0.145 e. The first kappa shape index (κ1) is 34.6. The molecule has 1 N–H and O–H groups in total. The van der Waals surface area contributed by atoms with E-state index < -0.39 is 0 Å². The van der Waals surface area contributed by atoms with Gasteiger partial charge >= 0.3 is 0 Å². The molecule has 4 rings (SSSR count). The second kappa shape index (κ2) is 16.9. The van der Waals surface area contributed by atoms with Crippen LogP contribution in [-0.4, -0.2) is 53.9 Å². The summed E-state index contributed by atoms with van der Waals surface area (Å²) in [7, 11) is 0. The van der Waals surface area contributed by atoms with E-state index in [4.69, 9.17) is 30.9 Å². The summed E-state index contributed by atoms with van der Waals surface area (Å²) < 4.78 is 14.9. The van der Waals surface area contributed by atoms with Crippen LogP contribution in [0.15, 0.2) is 60.7 Å². The molecular weight excluding hydrogens is 584 g/mol. The number of unbranched alkanes of at least 4 members (excludes halogenated alkanes) is 1. The number of ether oxygens (including phenoxy) is 2. The lowest BCUT2D eigenvalue weighted by atomic mass is 9.99.